The largest absolute Gasteiger partial charge is 0.253 e. The van der Waals surface area contributed by atoms with Crippen LogP contribution in [0, 0.1) is 11.3 Å². The molecular formula is C25H51NS. The fraction of sp³-hybridized carbons (Fsp3) is 0.880. The van der Waals surface area contributed by atoms with Crippen LogP contribution in [0.1, 0.15) is 108 Å². The summed E-state index contributed by atoms with van der Waals surface area (Å²) >= 11 is 0. The highest BCUT2D eigenvalue weighted by Crippen LogP contribution is 2.98. The number of aliphatic imine (C=N–C) groups is 1. The number of nitrogens with zero attached hydrogens (tertiary/aromatic N) is 1. The second-order valence-corrected chi connectivity index (χ2v) is 19.8. The van der Waals surface area contributed by atoms with Crippen molar-refractivity contribution >= 4 is 13.3 Å². The highest BCUT2D eigenvalue weighted by molar-refractivity contribution is 8.76. The molecule has 1 heterocycles. The van der Waals surface area contributed by atoms with Crippen molar-refractivity contribution < 1.29 is 0 Å². The SMILES string of the molecule is CCCCC1=C(CC(C)C)N=C(CC(C)(C)C)S1(C)(CC)(CCC)C(C)C. The van der Waals surface area contributed by atoms with Gasteiger partial charge in [0.2, 0.25) is 0 Å². The maximum atomic E-state index is 5.60. The van der Waals surface area contributed by atoms with Gasteiger partial charge in [-0.1, -0.05) is 75.7 Å². The van der Waals surface area contributed by atoms with E-state index in [9.17, 15) is 0 Å². The average molecular weight is 398 g/mol. The second kappa shape index (κ2) is 7.88. The van der Waals surface area contributed by atoms with Crippen LogP contribution < -0.4 is 0 Å². The van der Waals surface area contributed by atoms with Gasteiger partial charge in [0.05, 0.1) is 0 Å². The Balaban J connectivity index is 3.94. The molecule has 0 bridgehead atoms. The van der Waals surface area contributed by atoms with Crippen molar-refractivity contribution in [3.63, 3.8) is 0 Å². The van der Waals surface area contributed by atoms with Gasteiger partial charge in [-0.15, -0.1) is 0 Å². The number of rotatable bonds is 10. The smallest absolute Gasteiger partial charge is 0.0485 e. The van der Waals surface area contributed by atoms with Crippen LogP contribution in [-0.2, 0) is 0 Å². The van der Waals surface area contributed by atoms with Gasteiger partial charge in [-0.25, -0.2) is 8.29 Å². The molecule has 0 aromatic carbocycles. The molecule has 0 spiro atoms. The molecular weight excluding hydrogens is 346 g/mol. The van der Waals surface area contributed by atoms with Crippen molar-refractivity contribution in [1.82, 2.24) is 0 Å². The molecule has 27 heavy (non-hydrogen) atoms. The Labute approximate surface area is 171 Å². The van der Waals surface area contributed by atoms with Gasteiger partial charge in [0.25, 0.3) is 0 Å². The van der Waals surface area contributed by atoms with Gasteiger partial charge in [-0.3, -0.25) is 4.99 Å². The zero-order chi connectivity index (χ0) is 21.2. The van der Waals surface area contributed by atoms with Crippen molar-refractivity contribution in [3.8, 4) is 0 Å². The van der Waals surface area contributed by atoms with E-state index in [4.69, 9.17) is 4.99 Å². The Morgan fingerprint density at radius 3 is 1.93 bits per heavy atom. The quantitative estimate of drug-likeness (QED) is 0.350. The van der Waals surface area contributed by atoms with Crippen LogP contribution in [0.15, 0.2) is 15.6 Å². The first-order chi connectivity index (χ1) is 12.3. The van der Waals surface area contributed by atoms with E-state index in [0.717, 1.165) is 12.8 Å². The molecule has 1 aliphatic heterocycles. The lowest BCUT2D eigenvalue weighted by molar-refractivity contribution is 0.435. The van der Waals surface area contributed by atoms with E-state index in [1.54, 1.807) is 5.04 Å². The van der Waals surface area contributed by atoms with E-state index >= 15 is 0 Å². The molecule has 0 aromatic heterocycles. The molecule has 0 atom stereocenters. The fourth-order valence-electron chi connectivity index (χ4n) is 5.58. The van der Waals surface area contributed by atoms with Crippen LogP contribution in [0.4, 0.5) is 0 Å². The van der Waals surface area contributed by atoms with Gasteiger partial charge in [0.15, 0.2) is 0 Å². The molecule has 0 amide bonds. The summed E-state index contributed by atoms with van der Waals surface area (Å²) in [5, 5.41) is 2.27. The Bertz CT molecular complexity index is 606. The molecule has 0 unspecified atom stereocenters. The highest BCUT2D eigenvalue weighted by Gasteiger charge is 2.66. The maximum Gasteiger partial charge on any atom is 0.0485 e. The normalized spacial score (nSPS) is 23.8. The molecule has 0 saturated carbocycles. The van der Waals surface area contributed by atoms with Gasteiger partial charge >= 0.3 is 0 Å². The molecule has 162 valence electrons. The molecule has 0 aromatic rings. The average Bonchev–Trinajstić information content (AvgIpc) is 2.72. The van der Waals surface area contributed by atoms with Gasteiger partial charge in [-0.2, -0.15) is 0 Å². The third kappa shape index (κ3) is 3.81. The number of hydrogen-bond donors (Lipinski definition) is 0. The first-order valence-corrected chi connectivity index (χ1v) is 14.8. The van der Waals surface area contributed by atoms with Crippen LogP contribution >= 0.6 is 8.29 Å². The predicted octanol–water partition coefficient (Wildman–Crippen LogP) is 8.63. The van der Waals surface area contributed by atoms with Crippen molar-refractivity contribution in [1.29, 1.82) is 0 Å². The third-order valence-corrected chi connectivity index (χ3v) is 18.6. The van der Waals surface area contributed by atoms with Crippen molar-refractivity contribution in [2.75, 3.05) is 17.8 Å². The summed E-state index contributed by atoms with van der Waals surface area (Å²) in [4.78, 5) is 7.43. The first kappa shape index (κ1) is 24.8. The first-order valence-electron chi connectivity index (χ1n) is 11.6. The molecule has 1 nitrogen and oxygen atoms in total. The molecule has 1 rings (SSSR count). The Morgan fingerprint density at radius 2 is 1.56 bits per heavy atom. The van der Waals surface area contributed by atoms with Gasteiger partial charge in [0, 0.05) is 10.7 Å². The molecule has 2 heteroatoms. The van der Waals surface area contributed by atoms with Crippen molar-refractivity contribution in [3.05, 3.63) is 10.6 Å². The second-order valence-electron chi connectivity index (χ2n) is 11.5. The lowest BCUT2D eigenvalue weighted by atomic mass is 9.93. The van der Waals surface area contributed by atoms with E-state index in [1.165, 1.54) is 42.9 Å². The minimum absolute atomic E-state index is 0.281. The zero-order valence-electron chi connectivity index (χ0n) is 20.7. The summed E-state index contributed by atoms with van der Waals surface area (Å²) in [7, 11) is -2.62. The lowest BCUT2D eigenvalue weighted by Gasteiger charge is -2.80. The van der Waals surface area contributed by atoms with Crippen LogP contribution in [0.25, 0.3) is 0 Å². The highest BCUT2D eigenvalue weighted by atomic mass is 32.4. The summed E-state index contributed by atoms with van der Waals surface area (Å²) in [6.45, 7) is 24.2. The summed E-state index contributed by atoms with van der Waals surface area (Å²) in [5.74, 6) is 3.29. The van der Waals surface area contributed by atoms with Crippen LogP contribution in [0.3, 0.4) is 0 Å². The summed E-state index contributed by atoms with van der Waals surface area (Å²) in [6, 6.07) is 0. The molecule has 1 aliphatic rings. The van der Waals surface area contributed by atoms with Crippen LogP contribution in [0.2, 0.25) is 0 Å². The summed E-state index contributed by atoms with van der Waals surface area (Å²) < 4.78 is 0. The van der Waals surface area contributed by atoms with E-state index < -0.39 is 8.29 Å². The van der Waals surface area contributed by atoms with Crippen molar-refractivity contribution in [2.45, 2.75) is 113 Å². The van der Waals surface area contributed by atoms with E-state index in [1.807, 2.05) is 4.91 Å². The fourth-order valence-corrected chi connectivity index (χ4v) is 14.1. The van der Waals surface area contributed by atoms with Crippen LogP contribution in [0.5, 0.6) is 0 Å². The Hall–Kier alpha value is -0.240. The monoisotopic (exact) mass is 397 g/mol. The van der Waals surface area contributed by atoms with E-state index in [2.05, 4.69) is 75.5 Å². The molecule has 0 aliphatic carbocycles. The number of unbranched alkanes of at least 4 members (excludes halogenated alkanes) is 1. The minimum Gasteiger partial charge on any atom is -0.253 e. The molecule has 0 radical (unpaired) electrons. The Kier molecular flexibility index (Phi) is 7.24. The zero-order valence-corrected chi connectivity index (χ0v) is 21.5. The molecule has 0 saturated heterocycles. The lowest BCUT2D eigenvalue weighted by Crippen LogP contribution is -2.54. The number of hydrogen-bond acceptors (Lipinski definition) is 1. The van der Waals surface area contributed by atoms with Gasteiger partial charge in [0.1, 0.15) is 0 Å². The number of allylic oxidation sites excluding steroid dienone is 2. The summed E-state index contributed by atoms with van der Waals surface area (Å²) in [6.07, 6.45) is 10.2. The van der Waals surface area contributed by atoms with Gasteiger partial charge < -0.3 is 0 Å². The molecule has 0 fully saturated rings. The van der Waals surface area contributed by atoms with Crippen LogP contribution in [-0.4, -0.2) is 28.1 Å². The predicted molar refractivity (Wildman–Crippen MR) is 132 cm³/mol. The van der Waals surface area contributed by atoms with Crippen molar-refractivity contribution in [2.24, 2.45) is 16.3 Å². The topological polar surface area (TPSA) is 12.4 Å². The van der Waals surface area contributed by atoms with Gasteiger partial charge in [-0.05, 0) is 71.4 Å². The standard InChI is InChI=1S/C25H51NS/c1-12-15-16-23-22(18-20(4)5)26-24(19-25(8,9)10)27(23,11,14-3,17-13-2)21(6)7/h20-21H,12-19H2,1-11H3. The van der Waals surface area contributed by atoms with E-state index in [0.29, 0.717) is 11.2 Å². The Morgan fingerprint density at radius 1 is 0.963 bits per heavy atom. The maximum absolute atomic E-state index is 5.60. The third-order valence-electron chi connectivity index (χ3n) is 7.74. The minimum atomic E-state index is -2.62. The summed E-state index contributed by atoms with van der Waals surface area (Å²) in [5.41, 5.74) is 1.77. The molecule has 0 N–H and O–H groups in total. The van der Waals surface area contributed by atoms with E-state index in [-0.39, 0.29) is 5.41 Å².